The molecule has 0 aromatic heterocycles. The van der Waals surface area contributed by atoms with E-state index in [9.17, 15) is 8.78 Å². The third-order valence-corrected chi connectivity index (χ3v) is 3.82. The van der Waals surface area contributed by atoms with Crippen molar-refractivity contribution < 1.29 is 13.5 Å². The fourth-order valence-electron chi connectivity index (χ4n) is 2.28. The summed E-state index contributed by atoms with van der Waals surface area (Å²) in [4.78, 5) is 0. The van der Waals surface area contributed by atoms with E-state index in [0.29, 0.717) is 0 Å². The summed E-state index contributed by atoms with van der Waals surface area (Å²) in [6.07, 6.45) is 1.36. The zero-order chi connectivity index (χ0) is 13.3. The minimum atomic E-state index is -0.688. The molecule has 18 heavy (non-hydrogen) atoms. The minimum absolute atomic E-state index is 0.0778. The Kier molecular flexibility index (Phi) is 4.32. The summed E-state index contributed by atoms with van der Waals surface area (Å²) >= 11 is 3.05. The molecular formula is C12H15BrF2N2O. The SMILES string of the molecule is CC1CCC(C(NN)c2c(F)ccc(Br)c2F)O1. The molecule has 1 aromatic carbocycles. The lowest BCUT2D eigenvalue weighted by atomic mass is 9.98. The third-order valence-electron chi connectivity index (χ3n) is 3.21. The average molecular weight is 321 g/mol. The lowest BCUT2D eigenvalue weighted by Gasteiger charge is -2.24. The van der Waals surface area contributed by atoms with Crippen molar-refractivity contribution in [2.75, 3.05) is 0 Å². The average Bonchev–Trinajstić information content (AvgIpc) is 2.76. The molecule has 0 bridgehead atoms. The van der Waals surface area contributed by atoms with Crippen LogP contribution in [-0.2, 0) is 4.74 Å². The zero-order valence-corrected chi connectivity index (χ0v) is 11.5. The molecule has 0 saturated carbocycles. The Morgan fingerprint density at radius 2 is 2.17 bits per heavy atom. The van der Waals surface area contributed by atoms with Gasteiger partial charge >= 0.3 is 0 Å². The molecule has 1 fully saturated rings. The van der Waals surface area contributed by atoms with Crippen molar-refractivity contribution >= 4 is 15.9 Å². The molecule has 0 radical (unpaired) electrons. The van der Waals surface area contributed by atoms with Gasteiger partial charge in [0.1, 0.15) is 11.6 Å². The fourth-order valence-corrected chi connectivity index (χ4v) is 2.63. The second kappa shape index (κ2) is 5.61. The van der Waals surface area contributed by atoms with Gasteiger partial charge in [0, 0.05) is 5.56 Å². The second-order valence-electron chi connectivity index (χ2n) is 4.46. The van der Waals surface area contributed by atoms with Crippen LogP contribution in [0, 0.1) is 11.6 Å². The molecule has 3 unspecified atom stereocenters. The minimum Gasteiger partial charge on any atom is -0.373 e. The van der Waals surface area contributed by atoms with E-state index in [2.05, 4.69) is 21.4 Å². The van der Waals surface area contributed by atoms with Crippen molar-refractivity contribution in [3.05, 3.63) is 33.8 Å². The first-order valence-electron chi connectivity index (χ1n) is 5.79. The topological polar surface area (TPSA) is 47.3 Å². The van der Waals surface area contributed by atoms with Crippen LogP contribution in [0.15, 0.2) is 16.6 Å². The molecule has 1 aliphatic heterocycles. The molecule has 1 heterocycles. The molecule has 0 spiro atoms. The van der Waals surface area contributed by atoms with Crippen molar-refractivity contribution in [1.82, 2.24) is 5.43 Å². The number of nitrogens with two attached hydrogens (primary N) is 1. The summed E-state index contributed by atoms with van der Waals surface area (Å²) in [6.45, 7) is 1.93. The number of nitrogens with one attached hydrogen (secondary N) is 1. The predicted molar refractivity (Wildman–Crippen MR) is 67.7 cm³/mol. The van der Waals surface area contributed by atoms with Gasteiger partial charge in [0.15, 0.2) is 0 Å². The molecule has 0 aliphatic carbocycles. The highest BCUT2D eigenvalue weighted by molar-refractivity contribution is 9.10. The standard InChI is InChI=1S/C12H15BrF2N2O/c1-6-2-5-9(18-6)12(17-16)10-8(14)4-3-7(13)11(10)15/h3-4,6,9,12,17H,2,5,16H2,1H3. The highest BCUT2D eigenvalue weighted by Crippen LogP contribution is 2.34. The molecule has 3 nitrogen and oxygen atoms in total. The predicted octanol–water partition coefficient (Wildman–Crippen LogP) is 2.80. The molecule has 1 aromatic rings. The Morgan fingerprint density at radius 3 is 2.72 bits per heavy atom. The highest BCUT2D eigenvalue weighted by atomic mass is 79.9. The van der Waals surface area contributed by atoms with Gasteiger partial charge in [-0.1, -0.05) is 0 Å². The third kappa shape index (κ3) is 2.56. The number of benzene rings is 1. The number of hydrogen-bond acceptors (Lipinski definition) is 3. The monoisotopic (exact) mass is 320 g/mol. The van der Waals surface area contributed by atoms with Crippen LogP contribution in [0.5, 0.6) is 0 Å². The summed E-state index contributed by atoms with van der Waals surface area (Å²) in [5.41, 5.74) is 2.39. The molecule has 3 N–H and O–H groups in total. The van der Waals surface area contributed by atoms with E-state index in [0.717, 1.165) is 12.8 Å². The van der Waals surface area contributed by atoms with E-state index >= 15 is 0 Å². The van der Waals surface area contributed by atoms with Gasteiger partial charge in [0.25, 0.3) is 0 Å². The zero-order valence-electron chi connectivity index (χ0n) is 9.92. The van der Waals surface area contributed by atoms with Gasteiger partial charge in [-0.25, -0.2) is 8.78 Å². The molecule has 3 atom stereocenters. The van der Waals surface area contributed by atoms with Crippen molar-refractivity contribution in [3.63, 3.8) is 0 Å². The Bertz CT molecular complexity index is 444. The maximum absolute atomic E-state index is 14.0. The lowest BCUT2D eigenvalue weighted by molar-refractivity contribution is 0.0299. The van der Waals surface area contributed by atoms with E-state index < -0.39 is 17.7 Å². The molecule has 0 amide bonds. The Morgan fingerprint density at radius 1 is 1.44 bits per heavy atom. The smallest absolute Gasteiger partial charge is 0.145 e. The van der Waals surface area contributed by atoms with Gasteiger partial charge in [-0.15, -0.1) is 0 Å². The maximum Gasteiger partial charge on any atom is 0.145 e. The first kappa shape index (κ1) is 13.9. The number of ether oxygens (including phenoxy) is 1. The summed E-state index contributed by atoms with van der Waals surface area (Å²) < 4.78 is 33.7. The van der Waals surface area contributed by atoms with E-state index in [1.807, 2.05) is 6.92 Å². The Labute approximate surface area is 113 Å². The Balaban J connectivity index is 2.36. The van der Waals surface area contributed by atoms with Gasteiger partial charge in [-0.3, -0.25) is 11.3 Å². The van der Waals surface area contributed by atoms with Crippen LogP contribution in [-0.4, -0.2) is 12.2 Å². The maximum atomic E-state index is 14.0. The molecule has 6 heteroatoms. The van der Waals surface area contributed by atoms with Gasteiger partial charge in [-0.2, -0.15) is 0 Å². The van der Waals surface area contributed by atoms with E-state index in [1.54, 1.807) is 0 Å². The molecule has 2 rings (SSSR count). The number of rotatable bonds is 3. The fraction of sp³-hybridized carbons (Fsp3) is 0.500. The molecular weight excluding hydrogens is 306 g/mol. The largest absolute Gasteiger partial charge is 0.373 e. The molecule has 1 aliphatic rings. The first-order valence-corrected chi connectivity index (χ1v) is 6.59. The van der Waals surface area contributed by atoms with Gasteiger partial charge < -0.3 is 4.74 Å². The summed E-state index contributed by atoms with van der Waals surface area (Å²) in [5.74, 6) is 4.18. The van der Waals surface area contributed by atoms with Crippen LogP contribution < -0.4 is 11.3 Å². The molecule has 100 valence electrons. The summed E-state index contributed by atoms with van der Waals surface area (Å²) in [6, 6.07) is 1.86. The lowest BCUT2D eigenvalue weighted by Crippen LogP contribution is -2.38. The first-order chi connectivity index (χ1) is 8.54. The number of halogens is 3. The number of hydrazine groups is 1. The van der Waals surface area contributed by atoms with Crippen LogP contribution in [0.1, 0.15) is 31.4 Å². The molecule has 1 saturated heterocycles. The van der Waals surface area contributed by atoms with Crippen molar-refractivity contribution in [3.8, 4) is 0 Å². The van der Waals surface area contributed by atoms with Crippen LogP contribution in [0.2, 0.25) is 0 Å². The summed E-state index contributed by atoms with van der Waals surface area (Å²) in [7, 11) is 0. The highest BCUT2D eigenvalue weighted by Gasteiger charge is 2.33. The van der Waals surface area contributed by atoms with Crippen molar-refractivity contribution in [2.24, 2.45) is 5.84 Å². The van der Waals surface area contributed by atoms with Crippen LogP contribution in [0.4, 0.5) is 8.78 Å². The van der Waals surface area contributed by atoms with E-state index in [-0.39, 0.29) is 22.2 Å². The van der Waals surface area contributed by atoms with Crippen LogP contribution in [0.25, 0.3) is 0 Å². The van der Waals surface area contributed by atoms with Gasteiger partial charge in [0.2, 0.25) is 0 Å². The van der Waals surface area contributed by atoms with Gasteiger partial charge in [-0.05, 0) is 47.8 Å². The van der Waals surface area contributed by atoms with Crippen LogP contribution >= 0.6 is 15.9 Å². The van der Waals surface area contributed by atoms with Crippen molar-refractivity contribution in [2.45, 2.75) is 38.0 Å². The number of hydrogen-bond donors (Lipinski definition) is 2. The normalized spacial score (nSPS) is 25.4. The Hall–Kier alpha value is -0.560. The van der Waals surface area contributed by atoms with E-state index in [1.165, 1.54) is 12.1 Å². The van der Waals surface area contributed by atoms with E-state index in [4.69, 9.17) is 10.6 Å². The van der Waals surface area contributed by atoms with Gasteiger partial charge in [0.05, 0.1) is 22.7 Å². The quantitative estimate of drug-likeness (QED) is 0.511. The summed E-state index contributed by atoms with van der Waals surface area (Å²) in [5, 5.41) is 0. The van der Waals surface area contributed by atoms with Crippen molar-refractivity contribution in [1.29, 1.82) is 0 Å². The second-order valence-corrected chi connectivity index (χ2v) is 5.32. The van der Waals surface area contributed by atoms with Crippen LogP contribution in [0.3, 0.4) is 0 Å².